The summed E-state index contributed by atoms with van der Waals surface area (Å²) in [7, 11) is 1.49. The summed E-state index contributed by atoms with van der Waals surface area (Å²) in [6.45, 7) is 2.15. The lowest BCUT2D eigenvalue weighted by Crippen LogP contribution is -2.38. The van der Waals surface area contributed by atoms with Gasteiger partial charge in [0.25, 0.3) is 17.7 Å². The molecule has 0 saturated carbocycles. The lowest BCUT2D eigenvalue weighted by atomic mass is 10.0. The van der Waals surface area contributed by atoms with Crippen molar-refractivity contribution in [3.63, 3.8) is 0 Å². The lowest BCUT2D eigenvalue weighted by molar-refractivity contribution is -0.130. The highest BCUT2D eigenvalue weighted by Gasteiger charge is 2.41. The monoisotopic (exact) mass is 489 g/mol. The van der Waals surface area contributed by atoms with Crippen LogP contribution < -0.4 is 15.0 Å². The standard InChI is InChI=1S/C26H23N3O7/c1-3-35-22-13-16(10-11-21(22)34-2)20(29-24(31)18-8-4-5-9-19(18)25(29)32)14-23(30)28-36-26(33)17-7-6-12-27-15-17/h4-13,15,20H,3,14H2,1-2H3,(H,28,30)/t20-/m0/s1. The van der Waals surface area contributed by atoms with Gasteiger partial charge in [-0.1, -0.05) is 18.2 Å². The van der Waals surface area contributed by atoms with Crippen molar-refractivity contribution in [2.24, 2.45) is 0 Å². The van der Waals surface area contributed by atoms with E-state index in [2.05, 4.69) is 10.5 Å². The largest absolute Gasteiger partial charge is 0.493 e. The molecule has 184 valence electrons. The Labute approximate surface area is 206 Å². The molecule has 1 N–H and O–H groups in total. The maximum absolute atomic E-state index is 13.2. The SMILES string of the molecule is CCOc1cc([C@H](CC(=O)NOC(=O)c2cccnc2)N2C(=O)c3ccccc3C2=O)ccc1OC. The van der Waals surface area contributed by atoms with E-state index in [1.807, 2.05) is 0 Å². The molecule has 0 spiro atoms. The van der Waals surface area contributed by atoms with Gasteiger partial charge in [0.2, 0.25) is 0 Å². The second kappa shape index (κ2) is 10.7. The van der Waals surface area contributed by atoms with E-state index in [0.717, 1.165) is 4.90 Å². The van der Waals surface area contributed by atoms with E-state index < -0.39 is 29.7 Å². The van der Waals surface area contributed by atoms with Gasteiger partial charge in [0, 0.05) is 12.4 Å². The fourth-order valence-electron chi connectivity index (χ4n) is 3.88. The van der Waals surface area contributed by atoms with Crippen LogP contribution in [-0.2, 0) is 9.63 Å². The first-order chi connectivity index (χ1) is 17.4. The highest BCUT2D eigenvalue weighted by molar-refractivity contribution is 6.21. The zero-order chi connectivity index (χ0) is 25.7. The minimum Gasteiger partial charge on any atom is -0.493 e. The Morgan fingerprint density at radius 3 is 2.33 bits per heavy atom. The molecule has 10 nitrogen and oxygen atoms in total. The molecule has 0 radical (unpaired) electrons. The Hall–Kier alpha value is -4.73. The molecule has 3 aromatic rings. The van der Waals surface area contributed by atoms with Crippen molar-refractivity contribution in [2.45, 2.75) is 19.4 Å². The number of hydrogen-bond acceptors (Lipinski definition) is 8. The smallest absolute Gasteiger partial charge is 0.364 e. The Morgan fingerprint density at radius 1 is 1.00 bits per heavy atom. The quantitative estimate of drug-likeness (QED) is 0.378. The highest BCUT2D eigenvalue weighted by atomic mass is 16.7. The maximum Gasteiger partial charge on any atom is 0.364 e. The average Bonchev–Trinajstić information content (AvgIpc) is 3.16. The van der Waals surface area contributed by atoms with E-state index in [4.69, 9.17) is 14.3 Å². The van der Waals surface area contributed by atoms with E-state index in [0.29, 0.717) is 23.7 Å². The second-order valence-corrected chi connectivity index (χ2v) is 7.75. The third kappa shape index (κ3) is 4.88. The van der Waals surface area contributed by atoms with Crippen molar-refractivity contribution >= 4 is 23.7 Å². The molecular formula is C26H23N3O7. The van der Waals surface area contributed by atoms with Gasteiger partial charge in [0.15, 0.2) is 11.5 Å². The normalized spacial score (nSPS) is 13.1. The average molecular weight is 489 g/mol. The van der Waals surface area contributed by atoms with Crippen molar-refractivity contribution in [1.29, 1.82) is 0 Å². The number of hydroxylamine groups is 1. The van der Waals surface area contributed by atoms with Crippen molar-refractivity contribution < 1.29 is 33.5 Å². The summed E-state index contributed by atoms with van der Waals surface area (Å²) in [6.07, 6.45) is 2.42. The lowest BCUT2D eigenvalue weighted by Gasteiger charge is -2.27. The molecule has 3 amide bonds. The molecule has 2 aromatic carbocycles. The number of methoxy groups -OCH3 is 1. The van der Waals surface area contributed by atoms with Crippen molar-refractivity contribution in [2.75, 3.05) is 13.7 Å². The number of nitrogens with one attached hydrogen (secondary N) is 1. The van der Waals surface area contributed by atoms with Gasteiger partial charge in [-0.05, 0) is 48.9 Å². The first-order valence-electron chi connectivity index (χ1n) is 11.1. The molecular weight excluding hydrogens is 466 g/mol. The number of carbonyl (C=O) groups excluding carboxylic acids is 4. The number of fused-ring (bicyclic) bond motifs is 1. The molecule has 10 heteroatoms. The van der Waals surface area contributed by atoms with Crippen molar-refractivity contribution in [3.8, 4) is 11.5 Å². The molecule has 0 saturated heterocycles. The highest BCUT2D eigenvalue weighted by Crippen LogP contribution is 2.37. The molecule has 4 rings (SSSR count). The predicted molar refractivity (Wildman–Crippen MR) is 126 cm³/mol. The van der Waals surface area contributed by atoms with Gasteiger partial charge < -0.3 is 14.3 Å². The fourth-order valence-corrected chi connectivity index (χ4v) is 3.88. The minimum atomic E-state index is -1.01. The van der Waals surface area contributed by atoms with Gasteiger partial charge in [0.05, 0.1) is 42.9 Å². The van der Waals surface area contributed by atoms with E-state index in [1.165, 1.54) is 25.6 Å². The van der Waals surface area contributed by atoms with E-state index >= 15 is 0 Å². The van der Waals surface area contributed by atoms with Crippen molar-refractivity contribution in [1.82, 2.24) is 15.4 Å². The molecule has 0 aliphatic carbocycles. The number of hydrogen-bond donors (Lipinski definition) is 1. The van der Waals surface area contributed by atoms with Crippen LogP contribution in [0.25, 0.3) is 0 Å². The topological polar surface area (TPSA) is 124 Å². The molecule has 1 aliphatic heterocycles. The van der Waals surface area contributed by atoms with Gasteiger partial charge in [-0.25, -0.2) is 4.79 Å². The Kier molecular flexibility index (Phi) is 7.24. The number of rotatable bonds is 8. The van der Waals surface area contributed by atoms with Crippen LogP contribution in [0.5, 0.6) is 11.5 Å². The van der Waals surface area contributed by atoms with Gasteiger partial charge in [-0.15, -0.1) is 0 Å². The molecule has 1 aliphatic rings. The maximum atomic E-state index is 13.2. The van der Waals surface area contributed by atoms with Gasteiger partial charge in [0.1, 0.15) is 0 Å². The van der Waals surface area contributed by atoms with Crippen LogP contribution in [0.2, 0.25) is 0 Å². The van der Waals surface area contributed by atoms with Crippen LogP contribution in [-0.4, -0.2) is 47.3 Å². The number of nitrogens with zero attached hydrogens (tertiary/aromatic N) is 2. The molecule has 0 unspecified atom stereocenters. The van der Waals surface area contributed by atoms with E-state index in [-0.39, 0.29) is 23.1 Å². The Bertz CT molecular complexity index is 1270. The van der Waals surface area contributed by atoms with E-state index in [9.17, 15) is 19.2 Å². The number of amides is 3. The molecule has 36 heavy (non-hydrogen) atoms. The molecule has 1 aromatic heterocycles. The number of benzene rings is 2. The van der Waals surface area contributed by atoms with Crippen molar-refractivity contribution in [3.05, 3.63) is 89.2 Å². The summed E-state index contributed by atoms with van der Waals surface area (Å²) in [5, 5.41) is 0. The van der Waals surface area contributed by atoms with Crippen LogP contribution in [0.4, 0.5) is 0 Å². The second-order valence-electron chi connectivity index (χ2n) is 7.75. The third-order valence-electron chi connectivity index (χ3n) is 5.54. The molecule has 1 atom stereocenters. The van der Waals surface area contributed by atoms with Crippen LogP contribution in [0.1, 0.15) is 56.0 Å². The van der Waals surface area contributed by atoms with Gasteiger partial charge in [-0.2, -0.15) is 5.48 Å². The number of carbonyl (C=O) groups is 4. The van der Waals surface area contributed by atoms with Gasteiger partial charge in [-0.3, -0.25) is 24.3 Å². The van der Waals surface area contributed by atoms with E-state index in [1.54, 1.807) is 55.5 Å². The number of ether oxygens (including phenoxy) is 2. The number of pyridine rings is 1. The minimum absolute atomic E-state index is 0.145. The Morgan fingerprint density at radius 2 is 1.72 bits per heavy atom. The first-order valence-corrected chi connectivity index (χ1v) is 11.1. The molecule has 0 fully saturated rings. The Balaban J connectivity index is 1.62. The van der Waals surface area contributed by atoms with Crippen LogP contribution in [0.3, 0.4) is 0 Å². The van der Waals surface area contributed by atoms with Crippen LogP contribution >= 0.6 is 0 Å². The molecule has 0 bridgehead atoms. The summed E-state index contributed by atoms with van der Waals surface area (Å²) in [6, 6.07) is 13.3. The summed E-state index contributed by atoms with van der Waals surface area (Å²) < 4.78 is 11.0. The number of aromatic nitrogens is 1. The fraction of sp³-hybridized carbons (Fsp3) is 0.192. The number of imide groups is 1. The zero-order valence-corrected chi connectivity index (χ0v) is 19.6. The summed E-state index contributed by atoms with van der Waals surface area (Å²) in [5.41, 5.74) is 3.19. The summed E-state index contributed by atoms with van der Waals surface area (Å²) >= 11 is 0. The third-order valence-corrected chi connectivity index (χ3v) is 5.54. The summed E-state index contributed by atoms with van der Waals surface area (Å²) in [5.74, 6) is -1.75. The van der Waals surface area contributed by atoms with Crippen LogP contribution in [0.15, 0.2) is 67.0 Å². The summed E-state index contributed by atoms with van der Waals surface area (Å²) in [4.78, 5) is 61.2. The zero-order valence-electron chi connectivity index (χ0n) is 19.6. The van der Waals surface area contributed by atoms with Crippen LogP contribution in [0, 0.1) is 0 Å². The van der Waals surface area contributed by atoms with Gasteiger partial charge >= 0.3 is 5.97 Å². The predicted octanol–water partition coefficient (Wildman–Crippen LogP) is 3.10. The molecule has 2 heterocycles. The first kappa shape index (κ1) is 24.4.